The van der Waals surface area contributed by atoms with E-state index in [1.165, 1.54) is 5.56 Å². The van der Waals surface area contributed by atoms with Gasteiger partial charge in [-0.3, -0.25) is 4.90 Å². The lowest BCUT2D eigenvalue weighted by molar-refractivity contribution is 0.0257. The highest BCUT2D eigenvalue weighted by Gasteiger charge is 2.27. The molecule has 0 aliphatic carbocycles. The SMILES string of the molecule is CC1CCN(Cc2ccccc2C(C)(C)C#N)CC1O. The van der Waals surface area contributed by atoms with Crippen LogP contribution in [-0.4, -0.2) is 29.2 Å². The van der Waals surface area contributed by atoms with Gasteiger partial charge in [0.05, 0.1) is 17.6 Å². The summed E-state index contributed by atoms with van der Waals surface area (Å²) >= 11 is 0. The van der Waals surface area contributed by atoms with E-state index in [2.05, 4.69) is 24.0 Å². The average Bonchev–Trinajstić information content (AvgIpc) is 2.43. The Kier molecular flexibility index (Phi) is 4.47. The number of benzene rings is 1. The van der Waals surface area contributed by atoms with Crippen LogP contribution >= 0.6 is 0 Å². The molecule has 1 aromatic rings. The summed E-state index contributed by atoms with van der Waals surface area (Å²) in [6.45, 7) is 8.57. The predicted octanol–water partition coefficient (Wildman–Crippen LogP) is 2.69. The first kappa shape index (κ1) is 15.0. The summed E-state index contributed by atoms with van der Waals surface area (Å²) in [5.41, 5.74) is 1.81. The van der Waals surface area contributed by atoms with Crippen molar-refractivity contribution in [3.8, 4) is 6.07 Å². The Morgan fingerprint density at radius 1 is 1.40 bits per heavy atom. The highest BCUT2D eigenvalue weighted by molar-refractivity contribution is 5.37. The van der Waals surface area contributed by atoms with Gasteiger partial charge in [-0.15, -0.1) is 0 Å². The van der Waals surface area contributed by atoms with Gasteiger partial charge >= 0.3 is 0 Å². The van der Waals surface area contributed by atoms with Crippen molar-refractivity contribution >= 4 is 0 Å². The van der Waals surface area contributed by atoms with Gasteiger partial charge in [-0.25, -0.2) is 0 Å². The molecule has 1 aliphatic rings. The number of β-amino-alcohol motifs (C(OH)–C–C–N with tert-alkyl or cyclic N) is 1. The third-order valence-electron chi connectivity index (χ3n) is 4.37. The molecule has 0 spiro atoms. The third kappa shape index (κ3) is 3.20. The third-order valence-corrected chi connectivity index (χ3v) is 4.37. The molecule has 2 unspecified atom stereocenters. The van der Waals surface area contributed by atoms with E-state index in [4.69, 9.17) is 0 Å². The van der Waals surface area contributed by atoms with Gasteiger partial charge in [-0.05, 0) is 43.9 Å². The van der Waals surface area contributed by atoms with Crippen molar-refractivity contribution in [1.29, 1.82) is 5.26 Å². The normalized spacial score (nSPS) is 24.4. The number of hydrogen-bond donors (Lipinski definition) is 1. The summed E-state index contributed by atoms with van der Waals surface area (Å²) < 4.78 is 0. The van der Waals surface area contributed by atoms with E-state index in [1.807, 2.05) is 32.0 Å². The van der Waals surface area contributed by atoms with Crippen LogP contribution in [0.2, 0.25) is 0 Å². The van der Waals surface area contributed by atoms with E-state index in [-0.39, 0.29) is 6.10 Å². The van der Waals surface area contributed by atoms with Gasteiger partial charge in [0.15, 0.2) is 0 Å². The maximum atomic E-state index is 10.0. The highest BCUT2D eigenvalue weighted by atomic mass is 16.3. The average molecular weight is 272 g/mol. The van der Waals surface area contributed by atoms with Crippen LogP contribution in [0.3, 0.4) is 0 Å². The van der Waals surface area contributed by atoms with Crippen LogP contribution in [0.25, 0.3) is 0 Å². The molecule has 1 saturated heterocycles. The molecule has 2 rings (SSSR count). The Morgan fingerprint density at radius 3 is 2.75 bits per heavy atom. The molecule has 0 saturated carbocycles. The predicted molar refractivity (Wildman–Crippen MR) is 80.1 cm³/mol. The number of nitrogens with zero attached hydrogens (tertiary/aromatic N) is 2. The maximum absolute atomic E-state index is 10.0. The quantitative estimate of drug-likeness (QED) is 0.920. The van der Waals surface area contributed by atoms with Gasteiger partial charge in [0.25, 0.3) is 0 Å². The number of aliphatic hydroxyl groups is 1. The standard InChI is InChI=1S/C17H24N2O/c1-13-8-9-19(11-16(13)20)10-14-6-4-5-7-15(14)17(2,3)12-18/h4-7,13,16,20H,8-11H2,1-3H3. The van der Waals surface area contributed by atoms with Crippen molar-refractivity contribution in [2.24, 2.45) is 5.92 Å². The van der Waals surface area contributed by atoms with Crippen molar-refractivity contribution in [2.45, 2.75) is 45.3 Å². The van der Waals surface area contributed by atoms with E-state index in [0.29, 0.717) is 5.92 Å². The minimum atomic E-state index is -0.474. The fourth-order valence-corrected chi connectivity index (χ4v) is 2.83. The molecular formula is C17H24N2O. The molecule has 1 heterocycles. The molecule has 3 heteroatoms. The van der Waals surface area contributed by atoms with Gasteiger partial charge < -0.3 is 5.11 Å². The van der Waals surface area contributed by atoms with E-state index in [9.17, 15) is 10.4 Å². The molecule has 0 amide bonds. The van der Waals surface area contributed by atoms with Crippen molar-refractivity contribution in [3.05, 3.63) is 35.4 Å². The second-order valence-corrected chi connectivity index (χ2v) is 6.46. The number of aliphatic hydroxyl groups excluding tert-OH is 1. The van der Waals surface area contributed by atoms with E-state index >= 15 is 0 Å². The molecule has 2 atom stereocenters. The Labute approximate surface area is 121 Å². The van der Waals surface area contributed by atoms with Crippen LogP contribution in [0.1, 0.15) is 38.3 Å². The van der Waals surface area contributed by atoms with Gasteiger partial charge in [0.1, 0.15) is 0 Å². The summed E-state index contributed by atoms with van der Waals surface area (Å²) in [5.74, 6) is 0.386. The number of rotatable bonds is 3. The van der Waals surface area contributed by atoms with Crippen molar-refractivity contribution in [3.63, 3.8) is 0 Å². The fourth-order valence-electron chi connectivity index (χ4n) is 2.83. The monoisotopic (exact) mass is 272 g/mol. The minimum absolute atomic E-state index is 0.236. The fraction of sp³-hybridized carbons (Fsp3) is 0.588. The summed E-state index contributed by atoms with van der Waals surface area (Å²) in [6.07, 6.45) is 0.797. The first-order valence-electron chi connectivity index (χ1n) is 7.34. The highest BCUT2D eigenvalue weighted by Crippen LogP contribution is 2.27. The van der Waals surface area contributed by atoms with E-state index < -0.39 is 5.41 Å². The van der Waals surface area contributed by atoms with Crippen molar-refractivity contribution in [1.82, 2.24) is 4.90 Å². The minimum Gasteiger partial charge on any atom is -0.392 e. The lowest BCUT2D eigenvalue weighted by Gasteiger charge is -2.35. The summed E-state index contributed by atoms with van der Waals surface area (Å²) in [4.78, 5) is 2.29. The van der Waals surface area contributed by atoms with E-state index in [0.717, 1.165) is 31.6 Å². The topological polar surface area (TPSA) is 47.3 Å². The Balaban J connectivity index is 2.17. The molecule has 1 fully saturated rings. The Hall–Kier alpha value is -1.37. The van der Waals surface area contributed by atoms with Crippen LogP contribution < -0.4 is 0 Å². The van der Waals surface area contributed by atoms with Crippen molar-refractivity contribution in [2.75, 3.05) is 13.1 Å². The van der Waals surface area contributed by atoms with Gasteiger partial charge in [-0.2, -0.15) is 5.26 Å². The Morgan fingerprint density at radius 2 is 2.10 bits per heavy atom. The summed E-state index contributed by atoms with van der Waals surface area (Å²) in [5, 5.41) is 19.4. The number of piperidine rings is 1. The molecule has 20 heavy (non-hydrogen) atoms. The zero-order valence-corrected chi connectivity index (χ0v) is 12.6. The molecule has 0 radical (unpaired) electrons. The molecule has 3 nitrogen and oxygen atoms in total. The van der Waals surface area contributed by atoms with Crippen LogP contribution in [0.5, 0.6) is 0 Å². The summed E-state index contributed by atoms with van der Waals surface area (Å²) in [7, 11) is 0. The molecule has 1 aromatic carbocycles. The van der Waals surface area contributed by atoms with Gasteiger partial charge in [-0.1, -0.05) is 31.2 Å². The second kappa shape index (κ2) is 5.95. The maximum Gasteiger partial charge on any atom is 0.0769 e. The smallest absolute Gasteiger partial charge is 0.0769 e. The Bertz CT molecular complexity index is 504. The summed E-state index contributed by atoms with van der Waals surface area (Å²) in [6, 6.07) is 10.5. The van der Waals surface area contributed by atoms with Gasteiger partial charge in [0, 0.05) is 13.1 Å². The van der Waals surface area contributed by atoms with Crippen LogP contribution in [0, 0.1) is 17.2 Å². The molecule has 108 valence electrons. The molecular weight excluding hydrogens is 248 g/mol. The largest absolute Gasteiger partial charge is 0.392 e. The van der Waals surface area contributed by atoms with Crippen LogP contribution in [0.15, 0.2) is 24.3 Å². The molecule has 1 aliphatic heterocycles. The first-order chi connectivity index (χ1) is 9.44. The van der Waals surface area contributed by atoms with E-state index in [1.54, 1.807) is 0 Å². The van der Waals surface area contributed by atoms with Gasteiger partial charge in [0.2, 0.25) is 0 Å². The molecule has 0 aromatic heterocycles. The lowest BCUT2D eigenvalue weighted by Crippen LogP contribution is -2.42. The van der Waals surface area contributed by atoms with Crippen LogP contribution in [0.4, 0.5) is 0 Å². The first-order valence-corrected chi connectivity index (χ1v) is 7.34. The number of hydrogen-bond acceptors (Lipinski definition) is 3. The zero-order valence-electron chi connectivity index (χ0n) is 12.6. The zero-order chi connectivity index (χ0) is 14.8. The second-order valence-electron chi connectivity index (χ2n) is 6.46. The van der Waals surface area contributed by atoms with Crippen LogP contribution in [-0.2, 0) is 12.0 Å². The number of nitriles is 1. The van der Waals surface area contributed by atoms with Crippen molar-refractivity contribution < 1.29 is 5.11 Å². The number of likely N-dealkylation sites (tertiary alicyclic amines) is 1. The molecule has 1 N–H and O–H groups in total. The molecule has 0 bridgehead atoms. The lowest BCUT2D eigenvalue weighted by atomic mass is 9.83.